The van der Waals surface area contributed by atoms with Crippen LogP contribution in [0, 0.1) is 12.8 Å². The summed E-state index contributed by atoms with van der Waals surface area (Å²) in [7, 11) is 0. The Morgan fingerprint density at radius 1 is 1.25 bits per heavy atom. The van der Waals surface area contributed by atoms with Gasteiger partial charge in [-0.3, -0.25) is 4.79 Å². The molecule has 1 aliphatic rings. The number of carbonyl (C=O) groups is 1. The van der Waals surface area contributed by atoms with E-state index in [4.69, 9.17) is 4.74 Å². The first-order valence-electron chi connectivity index (χ1n) is 9.30. The van der Waals surface area contributed by atoms with Crippen LogP contribution in [0.25, 0.3) is 0 Å². The molecule has 1 amide bonds. The van der Waals surface area contributed by atoms with E-state index in [-0.39, 0.29) is 12.0 Å². The van der Waals surface area contributed by atoms with E-state index in [1.54, 1.807) is 0 Å². The fourth-order valence-electron chi connectivity index (χ4n) is 3.34. The van der Waals surface area contributed by atoms with Crippen molar-refractivity contribution in [3.05, 3.63) is 29.8 Å². The zero-order valence-corrected chi connectivity index (χ0v) is 14.8. The second kappa shape index (κ2) is 10.3. The molecule has 1 saturated carbocycles. The van der Waals surface area contributed by atoms with E-state index < -0.39 is 0 Å². The number of aliphatic hydroxyl groups excluding tert-OH is 1. The number of aliphatic hydroxyl groups is 1. The molecule has 0 aliphatic heterocycles. The zero-order chi connectivity index (χ0) is 17.2. The van der Waals surface area contributed by atoms with Crippen molar-refractivity contribution in [3.63, 3.8) is 0 Å². The van der Waals surface area contributed by atoms with E-state index in [9.17, 15) is 9.90 Å². The minimum Gasteiger partial charge on any atom is -0.493 e. The van der Waals surface area contributed by atoms with Crippen LogP contribution >= 0.6 is 0 Å². The first kappa shape index (κ1) is 18.8. The van der Waals surface area contributed by atoms with Gasteiger partial charge in [-0.05, 0) is 56.6 Å². The zero-order valence-electron chi connectivity index (χ0n) is 14.8. The number of hydrogen-bond acceptors (Lipinski definition) is 3. The summed E-state index contributed by atoms with van der Waals surface area (Å²) >= 11 is 0. The largest absolute Gasteiger partial charge is 0.493 e. The second-order valence-electron chi connectivity index (χ2n) is 6.82. The number of nitrogens with one attached hydrogen (secondary N) is 1. The highest BCUT2D eigenvalue weighted by Gasteiger charge is 2.22. The predicted molar refractivity (Wildman–Crippen MR) is 96.1 cm³/mol. The van der Waals surface area contributed by atoms with Crippen LogP contribution in [0.2, 0.25) is 0 Å². The monoisotopic (exact) mass is 333 g/mol. The Kier molecular flexibility index (Phi) is 8.10. The summed E-state index contributed by atoms with van der Waals surface area (Å²) in [4.78, 5) is 11.8. The van der Waals surface area contributed by atoms with Crippen LogP contribution in [0.3, 0.4) is 0 Å². The van der Waals surface area contributed by atoms with Gasteiger partial charge in [-0.2, -0.15) is 0 Å². The number of amides is 1. The van der Waals surface area contributed by atoms with Gasteiger partial charge in [0.15, 0.2) is 0 Å². The number of benzene rings is 1. The minimum atomic E-state index is -0.131. The van der Waals surface area contributed by atoms with Crippen LogP contribution in [0.1, 0.15) is 56.9 Å². The van der Waals surface area contributed by atoms with Gasteiger partial charge in [0.25, 0.3) is 0 Å². The number of hydrogen-bond donors (Lipinski definition) is 2. The summed E-state index contributed by atoms with van der Waals surface area (Å²) in [5.41, 5.74) is 1.12. The molecule has 4 heteroatoms. The first-order chi connectivity index (χ1) is 11.7. The molecule has 1 aromatic rings. The first-order valence-corrected chi connectivity index (χ1v) is 9.30. The molecular formula is C20H31NO3. The number of aryl methyl sites for hydroxylation is 1. The van der Waals surface area contributed by atoms with Crippen LogP contribution < -0.4 is 10.1 Å². The fourth-order valence-corrected chi connectivity index (χ4v) is 3.34. The van der Waals surface area contributed by atoms with Gasteiger partial charge in [-0.25, -0.2) is 0 Å². The number of rotatable bonds is 9. The molecule has 0 spiro atoms. The topological polar surface area (TPSA) is 58.6 Å². The van der Waals surface area contributed by atoms with Gasteiger partial charge in [0, 0.05) is 13.0 Å². The lowest BCUT2D eigenvalue weighted by molar-refractivity contribution is -0.121. The van der Waals surface area contributed by atoms with Gasteiger partial charge < -0.3 is 15.2 Å². The molecular weight excluding hydrogens is 302 g/mol. The van der Waals surface area contributed by atoms with Gasteiger partial charge in [0.05, 0.1) is 12.7 Å². The lowest BCUT2D eigenvalue weighted by Crippen LogP contribution is -2.28. The normalized spacial score (nSPS) is 20.6. The highest BCUT2D eigenvalue weighted by atomic mass is 16.5. The fraction of sp³-hybridized carbons (Fsp3) is 0.650. The Balaban J connectivity index is 1.50. The van der Waals surface area contributed by atoms with E-state index in [0.29, 0.717) is 25.5 Å². The maximum Gasteiger partial charge on any atom is 0.220 e. The highest BCUT2D eigenvalue weighted by Crippen LogP contribution is 2.27. The van der Waals surface area contributed by atoms with E-state index in [2.05, 4.69) is 5.32 Å². The number of para-hydroxylation sites is 1. The lowest BCUT2D eigenvalue weighted by atomic mass is 9.83. The summed E-state index contributed by atoms with van der Waals surface area (Å²) in [5.74, 6) is 1.41. The van der Waals surface area contributed by atoms with Crippen molar-refractivity contribution in [2.45, 2.75) is 64.4 Å². The van der Waals surface area contributed by atoms with Crippen molar-refractivity contribution in [1.29, 1.82) is 0 Å². The third-order valence-electron chi connectivity index (χ3n) is 4.84. The van der Waals surface area contributed by atoms with Crippen LogP contribution in [0.4, 0.5) is 0 Å². The van der Waals surface area contributed by atoms with E-state index >= 15 is 0 Å². The molecule has 134 valence electrons. The SMILES string of the molecule is Cc1ccccc1OCCCC(=O)NCCC[C@H]1CCCC[C@H]1O. The van der Waals surface area contributed by atoms with Crippen molar-refractivity contribution in [3.8, 4) is 5.75 Å². The summed E-state index contributed by atoms with van der Waals surface area (Å²) in [6, 6.07) is 7.92. The molecule has 4 nitrogen and oxygen atoms in total. The minimum absolute atomic E-state index is 0.0903. The van der Waals surface area contributed by atoms with Crippen molar-refractivity contribution in [2.75, 3.05) is 13.2 Å². The van der Waals surface area contributed by atoms with Crippen LogP contribution in [-0.2, 0) is 4.79 Å². The molecule has 24 heavy (non-hydrogen) atoms. The summed E-state index contributed by atoms with van der Waals surface area (Å²) in [5, 5.41) is 12.9. The summed E-state index contributed by atoms with van der Waals surface area (Å²) in [6.07, 6.45) is 7.51. The van der Waals surface area contributed by atoms with Crippen LogP contribution in [0.5, 0.6) is 5.75 Å². The lowest BCUT2D eigenvalue weighted by Gasteiger charge is -2.27. The molecule has 2 rings (SSSR count). The number of ether oxygens (including phenoxy) is 1. The maximum absolute atomic E-state index is 11.8. The Bertz CT molecular complexity index is 503. The Hall–Kier alpha value is -1.55. The average Bonchev–Trinajstić information content (AvgIpc) is 2.58. The molecule has 0 unspecified atom stereocenters. The van der Waals surface area contributed by atoms with Gasteiger partial charge >= 0.3 is 0 Å². The number of carbonyl (C=O) groups excluding carboxylic acids is 1. The summed E-state index contributed by atoms with van der Waals surface area (Å²) in [6.45, 7) is 3.29. The second-order valence-corrected chi connectivity index (χ2v) is 6.82. The molecule has 1 aliphatic carbocycles. The average molecular weight is 333 g/mol. The highest BCUT2D eigenvalue weighted by molar-refractivity contribution is 5.75. The molecule has 1 fully saturated rings. The van der Waals surface area contributed by atoms with E-state index in [0.717, 1.165) is 49.8 Å². The van der Waals surface area contributed by atoms with Crippen molar-refractivity contribution < 1.29 is 14.6 Å². The standard InChI is InChI=1S/C20H31NO3/c1-16-8-2-5-12-19(16)24-15-7-13-20(23)21-14-6-10-17-9-3-4-11-18(17)22/h2,5,8,12,17-18,22H,3-4,6-7,9-11,13-15H2,1H3,(H,21,23)/t17-,18-/m1/s1. The molecule has 0 radical (unpaired) electrons. The Morgan fingerprint density at radius 3 is 2.83 bits per heavy atom. The predicted octanol–water partition coefficient (Wildman–Crippen LogP) is 3.60. The van der Waals surface area contributed by atoms with Crippen LogP contribution in [-0.4, -0.2) is 30.3 Å². The molecule has 0 bridgehead atoms. The smallest absolute Gasteiger partial charge is 0.220 e. The van der Waals surface area contributed by atoms with Crippen molar-refractivity contribution in [1.82, 2.24) is 5.32 Å². The third-order valence-corrected chi connectivity index (χ3v) is 4.84. The quantitative estimate of drug-likeness (QED) is 0.679. The molecule has 1 aromatic carbocycles. The van der Waals surface area contributed by atoms with Gasteiger partial charge in [-0.15, -0.1) is 0 Å². The maximum atomic E-state index is 11.8. The van der Waals surface area contributed by atoms with Gasteiger partial charge in [0.2, 0.25) is 5.91 Å². The Labute approximate surface area is 145 Å². The van der Waals surface area contributed by atoms with Crippen LogP contribution in [0.15, 0.2) is 24.3 Å². The summed E-state index contributed by atoms with van der Waals surface area (Å²) < 4.78 is 5.70. The third kappa shape index (κ3) is 6.52. The van der Waals surface area contributed by atoms with Gasteiger partial charge in [-0.1, -0.05) is 31.0 Å². The molecule has 0 saturated heterocycles. The van der Waals surface area contributed by atoms with Crippen molar-refractivity contribution in [2.24, 2.45) is 5.92 Å². The van der Waals surface area contributed by atoms with E-state index in [1.807, 2.05) is 31.2 Å². The Morgan fingerprint density at radius 2 is 2.04 bits per heavy atom. The van der Waals surface area contributed by atoms with Gasteiger partial charge in [0.1, 0.15) is 5.75 Å². The molecule has 0 aromatic heterocycles. The molecule has 2 N–H and O–H groups in total. The van der Waals surface area contributed by atoms with E-state index in [1.165, 1.54) is 6.42 Å². The molecule has 2 atom stereocenters. The van der Waals surface area contributed by atoms with Crippen molar-refractivity contribution >= 4 is 5.91 Å². The molecule has 0 heterocycles.